The number of carbonyl (C=O) groups is 4. The van der Waals surface area contributed by atoms with Gasteiger partial charge in [-0.15, -0.1) is 0 Å². The van der Waals surface area contributed by atoms with E-state index in [1.807, 2.05) is 0 Å². The summed E-state index contributed by atoms with van der Waals surface area (Å²) in [4.78, 5) is 46.7. The van der Waals surface area contributed by atoms with Crippen LogP contribution in [0.5, 0.6) is 0 Å². The van der Waals surface area contributed by atoms with E-state index in [0.717, 1.165) is 0 Å². The molecule has 0 bridgehead atoms. The smallest absolute Gasteiger partial charge is 0.339 e. The van der Waals surface area contributed by atoms with Crippen molar-refractivity contribution >= 4 is 23.9 Å². The molecule has 0 fully saturated rings. The molecule has 0 saturated heterocycles. The van der Waals surface area contributed by atoms with Crippen molar-refractivity contribution in [1.29, 1.82) is 0 Å². The quantitative estimate of drug-likeness (QED) is 0.557. The van der Waals surface area contributed by atoms with Crippen LogP contribution in [0.3, 0.4) is 0 Å². The van der Waals surface area contributed by atoms with Gasteiger partial charge in [-0.05, 0) is 38.8 Å². The second-order valence-electron chi connectivity index (χ2n) is 6.68. The first-order valence-corrected chi connectivity index (χ1v) is 9.23. The van der Waals surface area contributed by atoms with Gasteiger partial charge in [-0.1, -0.05) is 36.4 Å². The van der Waals surface area contributed by atoms with Gasteiger partial charge in [0, 0.05) is 11.1 Å². The zero-order chi connectivity index (χ0) is 22.3. The average molecular weight is 412 g/mol. The third-order valence-corrected chi connectivity index (χ3v) is 4.33. The van der Waals surface area contributed by atoms with Gasteiger partial charge >= 0.3 is 11.9 Å². The Labute approximate surface area is 173 Å². The van der Waals surface area contributed by atoms with Gasteiger partial charge in [0.15, 0.2) is 0 Å². The molecule has 0 radical (unpaired) electrons. The average Bonchev–Trinajstić information content (AvgIpc) is 2.72. The molecule has 0 spiro atoms. The summed E-state index contributed by atoms with van der Waals surface area (Å²) in [7, 11) is 0. The maximum Gasteiger partial charge on any atom is 0.339 e. The Hall–Kier alpha value is -3.68. The summed E-state index contributed by atoms with van der Waals surface area (Å²) in [6.07, 6.45) is -0.501. The number of esters is 2. The second-order valence-corrected chi connectivity index (χ2v) is 6.68. The van der Waals surface area contributed by atoms with Crippen LogP contribution in [0.4, 0.5) is 0 Å². The lowest BCUT2D eigenvalue weighted by Gasteiger charge is -2.18. The van der Waals surface area contributed by atoms with Crippen LogP contribution in [0.25, 0.3) is 0 Å². The molecule has 2 atom stereocenters. The van der Waals surface area contributed by atoms with E-state index in [1.54, 1.807) is 13.8 Å². The molecule has 0 saturated carbocycles. The van der Waals surface area contributed by atoms with Crippen molar-refractivity contribution in [2.24, 2.45) is 0 Å². The predicted octanol–water partition coefficient (Wildman–Crippen LogP) is 0.985. The highest BCUT2D eigenvalue weighted by atomic mass is 16.5. The number of aromatic carboxylic acids is 2. The molecule has 0 aromatic heterocycles. The van der Waals surface area contributed by atoms with Crippen LogP contribution in [0.15, 0.2) is 48.5 Å². The van der Waals surface area contributed by atoms with Crippen molar-refractivity contribution < 1.29 is 38.9 Å². The molecule has 0 amide bonds. The Balaban J connectivity index is 1.90. The maximum absolute atomic E-state index is 12.2. The highest BCUT2D eigenvalue weighted by Gasteiger charge is 2.19. The summed E-state index contributed by atoms with van der Waals surface area (Å²) in [6, 6.07) is 11.1. The van der Waals surface area contributed by atoms with Gasteiger partial charge in [-0.2, -0.15) is 0 Å². The third kappa shape index (κ3) is 5.91. The molecule has 8 heteroatoms. The predicted molar refractivity (Wildman–Crippen MR) is 101 cm³/mol. The Bertz CT molecular complexity index is 872. The summed E-state index contributed by atoms with van der Waals surface area (Å²) in [5, 5.41) is 22.2. The van der Waals surface area contributed by atoms with E-state index in [2.05, 4.69) is 0 Å². The van der Waals surface area contributed by atoms with Crippen molar-refractivity contribution in [3.63, 3.8) is 0 Å². The van der Waals surface area contributed by atoms with Gasteiger partial charge < -0.3 is 29.3 Å². The minimum atomic E-state index is -1.48. The molecule has 2 rings (SSSR count). The van der Waals surface area contributed by atoms with Gasteiger partial charge in [-0.3, -0.25) is 0 Å². The van der Waals surface area contributed by atoms with E-state index in [0.29, 0.717) is 12.8 Å². The lowest BCUT2D eigenvalue weighted by Crippen LogP contribution is -2.27. The lowest BCUT2D eigenvalue weighted by molar-refractivity contribution is -0.256. The zero-order valence-corrected chi connectivity index (χ0v) is 16.5. The largest absolute Gasteiger partial charge is 0.545 e. The van der Waals surface area contributed by atoms with Gasteiger partial charge in [0.2, 0.25) is 0 Å². The van der Waals surface area contributed by atoms with Crippen LogP contribution in [0, 0.1) is 0 Å². The van der Waals surface area contributed by atoms with E-state index in [-0.39, 0.29) is 22.3 Å². The van der Waals surface area contributed by atoms with Crippen molar-refractivity contribution in [2.75, 3.05) is 0 Å². The molecule has 0 aliphatic carbocycles. The van der Waals surface area contributed by atoms with Crippen LogP contribution in [-0.2, 0) is 9.47 Å². The molecule has 0 unspecified atom stereocenters. The SMILES string of the molecule is C[C@H](CC[C@H](C)OC(=O)c1ccccc1C(=O)[O-])OC(=O)c1ccccc1C(=O)[O-]. The monoisotopic (exact) mass is 412 g/mol. The number of rotatable bonds is 9. The minimum Gasteiger partial charge on any atom is -0.545 e. The fourth-order valence-electron chi connectivity index (χ4n) is 2.76. The van der Waals surface area contributed by atoms with E-state index >= 15 is 0 Å². The van der Waals surface area contributed by atoms with E-state index in [4.69, 9.17) is 9.47 Å². The van der Waals surface area contributed by atoms with Crippen LogP contribution >= 0.6 is 0 Å². The number of hydrogen-bond donors (Lipinski definition) is 0. The molecule has 2 aromatic rings. The van der Waals surface area contributed by atoms with Crippen molar-refractivity contribution in [3.8, 4) is 0 Å². The van der Waals surface area contributed by atoms with Gasteiger partial charge in [0.25, 0.3) is 0 Å². The highest BCUT2D eigenvalue weighted by molar-refractivity contribution is 6.02. The van der Waals surface area contributed by atoms with Crippen molar-refractivity contribution in [3.05, 3.63) is 70.8 Å². The van der Waals surface area contributed by atoms with E-state index < -0.39 is 36.1 Å². The van der Waals surface area contributed by atoms with E-state index in [1.165, 1.54) is 48.5 Å². The standard InChI is InChI=1S/C22H22O8/c1-13(29-21(27)17-9-5-3-7-15(17)19(23)24)11-12-14(2)30-22(28)18-10-6-4-8-16(18)20(25)26/h3-10,13-14H,11-12H2,1-2H3,(H,23,24)(H,25,26)/p-2/t13-,14+. The van der Waals surface area contributed by atoms with Crippen molar-refractivity contribution in [2.45, 2.75) is 38.9 Å². The number of hydrogen-bond acceptors (Lipinski definition) is 8. The fraction of sp³-hybridized carbons (Fsp3) is 0.273. The Morgan fingerprint density at radius 2 is 0.967 bits per heavy atom. The first kappa shape index (κ1) is 22.6. The topological polar surface area (TPSA) is 133 Å². The second kappa shape index (κ2) is 10.2. The van der Waals surface area contributed by atoms with Gasteiger partial charge in [0.05, 0.1) is 35.3 Å². The fourth-order valence-corrected chi connectivity index (χ4v) is 2.76. The van der Waals surface area contributed by atoms with E-state index in [9.17, 15) is 29.4 Å². The molecule has 0 aliphatic rings. The number of carboxylic acids is 2. The summed E-state index contributed by atoms with van der Waals surface area (Å²) in [5.74, 6) is -4.55. The summed E-state index contributed by atoms with van der Waals surface area (Å²) >= 11 is 0. The summed E-state index contributed by atoms with van der Waals surface area (Å²) in [6.45, 7) is 3.25. The van der Waals surface area contributed by atoms with Crippen molar-refractivity contribution in [1.82, 2.24) is 0 Å². The highest BCUT2D eigenvalue weighted by Crippen LogP contribution is 2.16. The summed E-state index contributed by atoms with van der Waals surface area (Å²) < 4.78 is 10.5. The normalized spacial score (nSPS) is 12.5. The number of ether oxygens (including phenoxy) is 2. The van der Waals surface area contributed by atoms with Gasteiger partial charge in [0.1, 0.15) is 0 Å². The van der Waals surface area contributed by atoms with Crippen LogP contribution < -0.4 is 10.2 Å². The Morgan fingerprint density at radius 3 is 1.27 bits per heavy atom. The molecule has 158 valence electrons. The summed E-state index contributed by atoms with van der Waals surface area (Å²) in [5.41, 5.74) is -0.738. The van der Waals surface area contributed by atoms with Crippen LogP contribution in [0.2, 0.25) is 0 Å². The molecular formula is C22H20O8-2. The third-order valence-electron chi connectivity index (χ3n) is 4.33. The Morgan fingerprint density at radius 1 is 0.667 bits per heavy atom. The molecule has 2 aromatic carbocycles. The molecule has 30 heavy (non-hydrogen) atoms. The lowest BCUT2D eigenvalue weighted by atomic mass is 10.1. The molecule has 0 N–H and O–H groups in total. The number of carbonyl (C=O) groups excluding carboxylic acids is 4. The van der Waals surface area contributed by atoms with Crippen LogP contribution in [-0.4, -0.2) is 36.1 Å². The number of carboxylic acid groups (broad SMARTS) is 2. The first-order chi connectivity index (χ1) is 14.2. The number of benzene rings is 2. The maximum atomic E-state index is 12.2. The Kier molecular flexibility index (Phi) is 7.69. The first-order valence-electron chi connectivity index (χ1n) is 9.23. The molecule has 0 heterocycles. The zero-order valence-electron chi connectivity index (χ0n) is 16.5. The minimum absolute atomic E-state index is 0.109. The molecule has 8 nitrogen and oxygen atoms in total. The van der Waals surface area contributed by atoms with Gasteiger partial charge in [-0.25, -0.2) is 9.59 Å². The molecular weight excluding hydrogens is 392 g/mol. The van der Waals surface area contributed by atoms with Crippen LogP contribution in [0.1, 0.15) is 68.1 Å². The molecule has 0 aliphatic heterocycles.